The number of alkyl halides is 2. The highest BCUT2D eigenvalue weighted by Crippen LogP contribution is 2.44. The Hall–Kier alpha value is -1.50. The Kier molecular flexibility index (Phi) is 3.92. The molecule has 0 atom stereocenters. The molecule has 1 aromatic rings. The van der Waals surface area contributed by atoms with Crippen molar-refractivity contribution in [3.8, 4) is 0 Å². The van der Waals surface area contributed by atoms with E-state index in [0.717, 1.165) is 25.7 Å². The van der Waals surface area contributed by atoms with Crippen molar-refractivity contribution in [1.82, 2.24) is 9.78 Å². The monoisotopic (exact) mass is 313 g/mol. The van der Waals surface area contributed by atoms with Crippen LogP contribution in [0.5, 0.6) is 0 Å². The topological polar surface area (TPSA) is 67.2 Å². The zero-order chi connectivity index (χ0) is 15.8. The second-order valence-corrected chi connectivity index (χ2v) is 6.37. The van der Waals surface area contributed by atoms with Crippen LogP contribution in [0.4, 0.5) is 14.6 Å². The van der Waals surface area contributed by atoms with Gasteiger partial charge >= 0.3 is 5.92 Å². The summed E-state index contributed by atoms with van der Waals surface area (Å²) < 4.78 is 29.9. The smallest absolute Gasteiger partial charge is 0.352 e. The SMILES string of the molecule is O=C(Nc1ccnn1C1CCCCC1)C(F)(F)C1(O)CCC1. The van der Waals surface area contributed by atoms with Crippen molar-refractivity contribution in [3.63, 3.8) is 0 Å². The lowest BCUT2D eigenvalue weighted by Gasteiger charge is -2.41. The third-order valence-corrected chi connectivity index (χ3v) is 4.88. The summed E-state index contributed by atoms with van der Waals surface area (Å²) in [6.07, 6.45) is 7.12. The van der Waals surface area contributed by atoms with Crippen molar-refractivity contribution in [2.75, 3.05) is 5.32 Å². The molecule has 0 aliphatic heterocycles. The summed E-state index contributed by atoms with van der Waals surface area (Å²) in [5.74, 6) is -4.96. The number of carbonyl (C=O) groups is 1. The number of aliphatic hydroxyl groups is 1. The molecule has 5 nitrogen and oxygen atoms in total. The summed E-state index contributed by atoms with van der Waals surface area (Å²) in [7, 11) is 0. The zero-order valence-electron chi connectivity index (χ0n) is 12.4. The summed E-state index contributed by atoms with van der Waals surface area (Å²) >= 11 is 0. The quantitative estimate of drug-likeness (QED) is 0.898. The number of anilines is 1. The number of rotatable bonds is 4. The van der Waals surface area contributed by atoms with Gasteiger partial charge in [-0.3, -0.25) is 4.79 Å². The largest absolute Gasteiger partial charge is 0.383 e. The van der Waals surface area contributed by atoms with Crippen molar-refractivity contribution < 1.29 is 18.7 Å². The van der Waals surface area contributed by atoms with E-state index in [2.05, 4.69) is 10.4 Å². The van der Waals surface area contributed by atoms with E-state index in [1.54, 1.807) is 4.68 Å². The first kappa shape index (κ1) is 15.4. The van der Waals surface area contributed by atoms with Gasteiger partial charge in [0.15, 0.2) is 0 Å². The molecule has 0 unspecified atom stereocenters. The van der Waals surface area contributed by atoms with Crippen LogP contribution in [0.15, 0.2) is 12.3 Å². The number of amides is 1. The molecule has 0 aromatic carbocycles. The predicted molar refractivity (Wildman–Crippen MR) is 76.7 cm³/mol. The normalized spacial score (nSPS) is 22.1. The first-order chi connectivity index (χ1) is 10.4. The first-order valence-electron chi connectivity index (χ1n) is 7.89. The van der Waals surface area contributed by atoms with Crippen LogP contribution < -0.4 is 5.32 Å². The van der Waals surface area contributed by atoms with Crippen molar-refractivity contribution >= 4 is 11.7 Å². The highest BCUT2D eigenvalue weighted by Gasteiger charge is 2.61. The van der Waals surface area contributed by atoms with Gasteiger partial charge in [0.1, 0.15) is 11.4 Å². The molecule has 1 aromatic heterocycles. The summed E-state index contributed by atoms with van der Waals surface area (Å²) in [6.45, 7) is 0. The highest BCUT2D eigenvalue weighted by molar-refractivity contribution is 5.96. The van der Waals surface area contributed by atoms with Gasteiger partial charge in [-0.2, -0.15) is 13.9 Å². The molecule has 2 N–H and O–H groups in total. The van der Waals surface area contributed by atoms with E-state index in [4.69, 9.17) is 0 Å². The van der Waals surface area contributed by atoms with Crippen LogP contribution in [0.25, 0.3) is 0 Å². The van der Waals surface area contributed by atoms with Crippen LogP contribution in [0.3, 0.4) is 0 Å². The van der Waals surface area contributed by atoms with Gasteiger partial charge in [0.05, 0.1) is 12.2 Å². The number of aromatic nitrogens is 2. The number of nitrogens with zero attached hydrogens (tertiary/aromatic N) is 2. The van der Waals surface area contributed by atoms with Gasteiger partial charge in [0.25, 0.3) is 5.91 Å². The minimum absolute atomic E-state index is 0.0463. The fourth-order valence-electron chi connectivity index (χ4n) is 3.26. The average molecular weight is 313 g/mol. The maximum absolute atomic E-state index is 14.1. The Balaban J connectivity index is 1.73. The molecule has 1 heterocycles. The summed E-state index contributed by atoms with van der Waals surface area (Å²) in [4.78, 5) is 11.9. The molecule has 0 spiro atoms. The Morgan fingerprint density at radius 2 is 2.00 bits per heavy atom. The molecular weight excluding hydrogens is 292 g/mol. The molecule has 2 aliphatic carbocycles. The Bertz CT molecular complexity index is 549. The zero-order valence-corrected chi connectivity index (χ0v) is 12.4. The van der Waals surface area contributed by atoms with Gasteiger partial charge < -0.3 is 10.4 Å². The summed E-state index contributed by atoms with van der Waals surface area (Å²) in [6, 6.07) is 1.66. The number of halogens is 2. The maximum Gasteiger partial charge on any atom is 0.352 e. The van der Waals surface area contributed by atoms with Crippen LogP contribution in [-0.2, 0) is 4.79 Å². The standard InChI is InChI=1S/C15H21F2N3O2/c16-15(17,14(22)8-4-9-14)13(21)19-12-7-10-18-20(12)11-5-2-1-3-6-11/h7,10-11,22H,1-6,8-9H2,(H,19,21). The fraction of sp³-hybridized carbons (Fsp3) is 0.733. The minimum Gasteiger partial charge on any atom is -0.383 e. The van der Waals surface area contributed by atoms with E-state index in [9.17, 15) is 18.7 Å². The van der Waals surface area contributed by atoms with Gasteiger partial charge in [0, 0.05) is 6.07 Å². The molecule has 2 aliphatic rings. The second kappa shape index (κ2) is 5.61. The van der Waals surface area contributed by atoms with Crippen LogP contribution in [0.1, 0.15) is 57.4 Å². The number of carbonyl (C=O) groups excluding carboxylic acids is 1. The second-order valence-electron chi connectivity index (χ2n) is 6.37. The molecule has 7 heteroatoms. The predicted octanol–water partition coefficient (Wildman–Crippen LogP) is 2.88. The third kappa shape index (κ3) is 2.51. The minimum atomic E-state index is -3.78. The third-order valence-electron chi connectivity index (χ3n) is 4.88. The Morgan fingerprint density at radius 1 is 1.32 bits per heavy atom. The molecule has 22 heavy (non-hydrogen) atoms. The van der Waals surface area contributed by atoms with Crippen LogP contribution in [0.2, 0.25) is 0 Å². The first-order valence-corrected chi connectivity index (χ1v) is 7.89. The molecule has 2 saturated carbocycles. The van der Waals surface area contributed by atoms with Crippen molar-refractivity contribution in [3.05, 3.63) is 12.3 Å². The number of hydrogen-bond donors (Lipinski definition) is 2. The van der Waals surface area contributed by atoms with E-state index in [-0.39, 0.29) is 24.7 Å². The number of nitrogens with one attached hydrogen (secondary N) is 1. The molecular formula is C15H21F2N3O2. The van der Waals surface area contributed by atoms with E-state index in [1.807, 2.05) is 0 Å². The van der Waals surface area contributed by atoms with Gasteiger partial charge in [-0.1, -0.05) is 19.3 Å². The van der Waals surface area contributed by atoms with Gasteiger partial charge in [-0.05, 0) is 32.1 Å². The van der Waals surface area contributed by atoms with Gasteiger partial charge in [0.2, 0.25) is 0 Å². The molecule has 3 rings (SSSR count). The van der Waals surface area contributed by atoms with E-state index >= 15 is 0 Å². The average Bonchev–Trinajstić information content (AvgIpc) is 2.93. The van der Waals surface area contributed by atoms with Crippen LogP contribution in [-0.4, -0.2) is 32.3 Å². The van der Waals surface area contributed by atoms with Crippen LogP contribution >= 0.6 is 0 Å². The fourth-order valence-corrected chi connectivity index (χ4v) is 3.26. The van der Waals surface area contributed by atoms with Gasteiger partial charge in [-0.15, -0.1) is 0 Å². The van der Waals surface area contributed by atoms with Crippen molar-refractivity contribution in [2.45, 2.75) is 68.9 Å². The molecule has 122 valence electrons. The summed E-state index contributed by atoms with van der Waals surface area (Å²) in [5, 5.41) is 16.2. The molecule has 1 amide bonds. The molecule has 0 radical (unpaired) electrons. The molecule has 0 saturated heterocycles. The van der Waals surface area contributed by atoms with Crippen LogP contribution in [0, 0.1) is 0 Å². The van der Waals surface area contributed by atoms with E-state index < -0.39 is 17.4 Å². The van der Waals surface area contributed by atoms with E-state index in [0.29, 0.717) is 6.42 Å². The summed E-state index contributed by atoms with van der Waals surface area (Å²) in [5.41, 5.74) is -2.20. The van der Waals surface area contributed by atoms with E-state index in [1.165, 1.54) is 18.7 Å². The molecule has 0 bridgehead atoms. The number of hydrogen-bond acceptors (Lipinski definition) is 3. The van der Waals surface area contributed by atoms with Crippen molar-refractivity contribution in [1.29, 1.82) is 0 Å². The van der Waals surface area contributed by atoms with Gasteiger partial charge in [-0.25, -0.2) is 4.68 Å². The maximum atomic E-state index is 14.1. The lowest BCUT2D eigenvalue weighted by molar-refractivity contribution is -0.212. The lowest BCUT2D eigenvalue weighted by Crippen LogP contribution is -2.59. The van der Waals surface area contributed by atoms with Crippen molar-refractivity contribution in [2.24, 2.45) is 0 Å². The molecule has 2 fully saturated rings. The lowest BCUT2D eigenvalue weighted by atomic mass is 9.75. The Morgan fingerprint density at radius 3 is 2.59 bits per heavy atom. The Labute approximate surface area is 127 Å². The highest BCUT2D eigenvalue weighted by atomic mass is 19.3.